The number of rotatable bonds is 10. The van der Waals surface area contributed by atoms with Crippen LogP contribution >= 0.6 is 46.3 Å². The number of hydrogen-bond donors (Lipinski definition) is 3. The number of nitrogens with zero attached hydrogens (tertiary/aromatic N) is 2. The fraction of sp³-hybridized carbons (Fsp3) is 0.429. The summed E-state index contributed by atoms with van der Waals surface area (Å²) in [7, 11) is 0. The molecule has 0 aliphatic carbocycles. The van der Waals surface area contributed by atoms with Crippen LogP contribution in [0.1, 0.15) is 31.2 Å². The summed E-state index contributed by atoms with van der Waals surface area (Å²) >= 11 is 15.3. The van der Waals surface area contributed by atoms with Crippen molar-refractivity contribution in [3.05, 3.63) is 63.5 Å². The summed E-state index contributed by atoms with van der Waals surface area (Å²) in [6, 6.07) is 15.0. The quantitative estimate of drug-likeness (QED) is 0.246. The Labute approximate surface area is 242 Å². The lowest BCUT2D eigenvalue weighted by Gasteiger charge is -2.32. The predicted octanol–water partition coefficient (Wildman–Crippen LogP) is 6.15. The lowest BCUT2D eigenvalue weighted by atomic mass is 10.0. The van der Waals surface area contributed by atoms with Crippen molar-refractivity contribution >= 4 is 57.9 Å². The highest BCUT2D eigenvalue weighted by Crippen LogP contribution is 2.30. The van der Waals surface area contributed by atoms with E-state index in [-0.39, 0.29) is 11.9 Å². The average Bonchev–Trinajstić information content (AvgIpc) is 3.62. The Morgan fingerprint density at radius 2 is 2.00 bits per heavy atom. The fourth-order valence-corrected chi connectivity index (χ4v) is 6.91. The highest BCUT2D eigenvalue weighted by atomic mass is 35.5. The number of likely N-dealkylation sites (tertiary alicyclic amines) is 1. The number of halogens is 2. The van der Waals surface area contributed by atoms with Crippen LogP contribution in [0, 0.1) is 0 Å². The van der Waals surface area contributed by atoms with E-state index in [4.69, 9.17) is 28.2 Å². The monoisotopic (exact) mass is 589 g/mol. The molecule has 2 fully saturated rings. The third kappa shape index (κ3) is 7.87. The van der Waals surface area contributed by atoms with Crippen LogP contribution in [-0.4, -0.2) is 59.8 Å². The minimum absolute atomic E-state index is 0.0707. The van der Waals surface area contributed by atoms with Crippen molar-refractivity contribution in [1.29, 1.82) is 0 Å². The van der Waals surface area contributed by atoms with Crippen molar-refractivity contribution in [2.24, 2.45) is 0 Å². The number of carbonyl (C=O) groups is 1. The number of thioether (sulfide) groups is 1. The molecule has 3 N–H and O–H groups in total. The zero-order valence-electron chi connectivity index (χ0n) is 21.2. The van der Waals surface area contributed by atoms with Crippen LogP contribution in [0.25, 0.3) is 11.3 Å². The number of benzene rings is 2. The van der Waals surface area contributed by atoms with Gasteiger partial charge in [0.05, 0.1) is 21.5 Å². The van der Waals surface area contributed by atoms with E-state index in [0.29, 0.717) is 21.8 Å². The molecule has 38 heavy (non-hydrogen) atoms. The molecule has 0 unspecified atom stereocenters. The molecule has 1 atom stereocenters. The first kappa shape index (κ1) is 27.7. The molecule has 0 saturated carbocycles. The number of nitrogens with one attached hydrogen (secondary N) is 3. The molecule has 1 aromatic heterocycles. The van der Waals surface area contributed by atoms with Gasteiger partial charge in [0.2, 0.25) is 5.91 Å². The van der Waals surface area contributed by atoms with E-state index < -0.39 is 0 Å². The molecule has 2 aliphatic heterocycles. The zero-order chi connectivity index (χ0) is 26.3. The normalized spacial score (nSPS) is 18.5. The Kier molecular flexibility index (Phi) is 9.86. The number of hydrogen-bond acceptors (Lipinski definition) is 7. The number of thiazole rings is 1. The second-order valence-electron chi connectivity index (χ2n) is 9.91. The van der Waals surface area contributed by atoms with Gasteiger partial charge in [-0.3, -0.25) is 9.69 Å². The molecule has 1 amide bonds. The zero-order valence-corrected chi connectivity index (χ0v) is 24.4. The van der Waals surface area contributed by atoms with Gasteiger partial charge in [-0.05, 0) is 62.1 Å². The maximum atomic E-state index is 12.6. The van der Waals surface area contributed by atoms with Gasteiger partial charge in [-0.15, -0.1) is 11.3 Å². The molecule has 6 nitrogen and oxygen atoms in total. The lowest BCUT2D eigenvalue weighted by Crippen LogP contribution is -2.44. The van der Waals surface area contributed by atoms with Crippen LogP contribution < -0.4 is 16.0 Å². The van der Waals surface area contributed by atoms with Gasteiger partial charge in [-0.1, -0.05) is 53.2 Å². The molecule has 3 heterocycles. The molecule has 2 aliphatic rings. The lowest BCUT2D eigenvalue weighted by molar-refractivity contribution is -0.119. The molecule has 3 aromatic rings. The Morgan fingerprint density at radius 1 is 1.13 bits per heavy atom. The molecular formula is C28H33Cl2N5OS2. The SMILES string of the molecule is O=C(CSc1nc(-c2cccc(NC[C@H]3CCCN3)c2)cs1)NC1CCN(Cc2ccc(Cl)c(Cl)c2)CC1. The van der Waals surface area contributed by atoms with Gasteiger partial charge in [0.25, 0.3) is 0 Å². The Morgan fingerprint density at radius 3 is 2.79 bits per heavy atom. The Bertz CT molecular complexity index is 1230. The Hall–Kier alpha value is -1.81. The third-order valence-corrected chi connectivity index (χ3v) is 9.79. The summed E-state index contributed by atoms with van der Waals surface area (Å²) < 4.78 is 0.917. The summed E-state index contributed by atoms with van der Waals surface area (Å²) in [6.07, 6.45) is 4.37. The minimum atomic E-state index is 0.0707. The summed E-state index contributed by atoms with van der Waals surface area (Å²) in [5.74, 6) is 0.452. The molecule has 2 aromatic carbocycles. The molecule has 0 bridgehead atoms. The second-order valence-corrected chi connectivity index (χ2v) is 12.8. The highest BCUT2D eigenvalue weighted by molar-refractivity contribution is 8.01. The van der Waals surface area contributed by atoms with Gasteiger partial charge in [-0.2, -0.15) is 0 Å². The number of piperidine rings is 1. The van der Waals surface area contributed by atoms with Crippen LogP contribution in [0.4, 0.5) is 5.69 Å². The van der Waals surface area contributed by atoms with E-state index in [1.807, 2.05) is 18.2 Å². The van der Waals surface area contributed by atoms with Crippen molar-refractivity contribution < 1.29 is 4.79 Å². The van der Waals surface area contributed by atoms with Gasteiger partial charge in [0.1, 0.15) is 0 Å². The highest BCUT2D eigenvalue weighted by Gasteiger charge is 2.21. The van der Waals surface area contributed by atoms with Crippen molar-refractivity contribution in [3.8, 4) is 11.3 Å². The van der Waals surface area contributed by atoms with Gasteiger partial charge < -0.3 is 16.0 Å². The summed E-state index contributed by atoms with van der Waals surface area (Å²) in [6.45, 7) is 4.78. The van der Waals surface area contributed by atoms with E-state index in [0.717, 1.165) is 72.4 Å². The number of anilines is 1. The maximum Gasteiger partial charge on any atom is 0.230 e. The van der Waals surface area contributed by atoms with Crippen LogP contribution in [-0.2, 0) is 11.3 Å². The van der Waals surface area contributed by atoms with Crippen molar-refractivity contribution in [1.82, 2.24) is 20.5 Å². The van der Waals surface area contributed by atoms with Crippen LogP contribution in [0.15, 0.2) is 52.2 Å². The van der Waals surface area contributed by atoms with E-state index in [1.54, 1.807) is 11.3 Å². The third-order valence-electron chi connectivity index (χ3n) is 7.03. The molecule has 2 saturated heterocycles. The summed E-state index contributed by atoms with van der Waals surface area (Å²) in [4.78, 5) is 19.8. The number of amides is 1. The molecular weight excluding hydrogens is 557 g/mol. The van der Waals surface area contributed by atoms with Crippen LogP contribution in [0.3, 0.4) is 0 Å². The van der Waals surface area contributed by atoms with Gasteiger partial charge in [0, 0.05) is 54.9 Å². The smallest absolute Gasteiger partial charge is 0.230 e. The molecule has 0 radical (unpaired) electrons. The Balaban J connectivity index is 1.04. The van der Waals surface area contributed by atoms with Crippen molar-refractivity contribution in [2.45, 2.75) is 48.7 Å². The van der Waals surface area contributed by atoms with Crippen LogP contribution in [0.5, 0.6) is 0 Å². The van der Waals surface area contributed by atoms with E-state index in [2.05, 4.69) is 50.5 Å². The number of carbonyl (C=O) groups excluding carboxylic acids is 1. The standard InChI is InChI=1S/C28H33Cl2N5OS2/c29-24-7-6-19(13-25(24)30)16-35-11-8-21(9-12-35)33-27(36)18-38-28-34-26(17-37-28)20-3-1-4-22(14-20)32-15-23-5-2-10-31-23/h1,3-4,6-7,13-14,17,21,23,31-32H,2,5,8-12,15-16,18H2,(H,33,36)/t23-/m1/s1. The van der Waals surface area contributed by atoms with E-state index >= 15 is 0 Å². The first-order valence-corrected chi connectivity index (χ1v) is 15.8. The number of aromatic nitrogens is 1. The van der Waals surface area contributed by atoms with Crippen molar-refractivity contribution in [3.63, 3.8) is 0 Å². The predicted molar refractivity (Wildman–Crippen MR) is 161 cm³/mol. The van der Waals surface area contributed by atoms with Crippen LogP contribution in [0.2, 0.25) is 10.0 Å². The molecule has 5 rings (SSSR count). The van der Waals surface area contributed by atoms with Gasteiger partial charge >= 0.3 is 0 Å². The van der Waals surface area contributed by atoms with Gasteiger partial charge in [0.15, 0.2) is 4.34 Å². The molecule has 0 spiro atoms. The summed E-state index contributed by atoms with van der Waals surface area (Å²) in [5.41, 5.74) is 4.32. The average molecular weight is 591 g/mol. The molecule has 10 heteroatoms. The van der Waals surface area contributed by atoms with E-state index in [9.17, 15) is 4.79 Å². The van der Waals surface area contributed by atoms with Gasteiger partial charge in [-0.25, -0.2) is 4.98 Å². The van der Waals surface area contributed by atoms with Crippen molar-refractivity contribution in [2.75, 3.05) is 37.2 Å². The van der Waals surface area contributed by atoms with E-state index in [1.165, 1.54) is 24.6 Å². The maximum absolute atomic E-state index is 12.6. The minimum Gasteiger partial charge on any atom is -0.383 e. The first-order chi connectivity index (χ1) is 18.5. The molecule has 202 valence electrons. The second kappa shape index (κ2) is 13.5. The summed E-state index contributed by atoms with van der Waals surface area (Å²) in [5, 5.41) is 13.5. The largest absolute Gasteiger partial charge is 0.383 e. The first-order valence-electron chi connectivity index (χ1n) is 13.1. The topological polar surface area (TPSA) is 69.3 Å². The fourth-order valence-electron chi connectivity index (χ4n) is 4.94.